The van der Waals surface area contributed by atoms with Gasteiger partial charge in [0.2, 0.25) is 0 Å². The number of halogens is 2. The molecule has 6 nitrogen and oxygen atoms in total. The second kappa shape index (κ2) is 9.81. The van der Waals surface area contributed by atoms with E-state index in [0.29, 0.717) is 33.5 Å². The van der Waals surface area contributed by atoms with Crippen LogP contribution in [0.2, 0.25) is 0 Å². The van der Waals surface area contributed by atoms with Gasteiger partial charge in [-0.15, -0.1) is 0 Å². The summed E-state index contributed by atoms with van der Waals surface area (Å²) in [5.74, 6) is -2.15. The number of aliphatic imine (C=N–C) groups is 1. The lowest BCUT2D eigenvalue weighted by atomic mass is 10.0. The van der Waals surface area contributed by atoms with Crippen LogP contribution in [0.1, 0.15) is 49.9 Å². The van der Waals surface area contributed by atoms with Crippen LogP contribution in [0, 0.1) is 17.0 Å². The first kappa shape index (κ1) is 24.9. The van der Waals surface area contributed by atoms with Crippen LogP contribution in [0.3, 0.4) is 0 Å². The molecule has 2 aromatic carbocycles. The molecular weight excluding hydrogens is 466 g/mol. The number of hydrogen-bond donors (Lipinski definition) is 1. The second-order valence-corrected chi connectivity index (χ2v) is 8.22. The summed E-state index contributed by atoms with van der Waals surface area (Å²) in [4.78, 5) is 29.7. The Kier molecular flexibility index (Phi) is 6.79. The zero-order valence-corrected chi connectivity index (χ0v) is 20.3. The number of ether oxygens (including phenoxy) is 2. The Labute approximate surface area is 207 Å². The molecular formula is C28H24F2N2O4. The van der Waals surface area contributed by atoms with E-state index >= 15 is 0 Å². The molecule has 1 N–H and O–H groups in total. The molecule has 0 saturated carbocycles. The molecule has 8 heteroatoms. The molecule has 4 rings (SSSR count). The summed E-state index contributed by atoms with van der Waals surface area (Å²) in [7, 11) is 0. The first-order valence-corrected chi connectivity index (χ1v) is 11.4. The monoisotopic (exact) mass is 490 g/mol. The summed E-state index contributed by atoms with van der Waals surface area (Å²) >= 11 is 0. The molecule has 0 amide bonds. The van der Waals surface area contributed by atoms with Crippen LogP contribution in [0.5, 0.6) is 0 Å². The summed E-state index contributed by atoms with van der Waals surface area (Å²) in [5.41, 5.74) is 3.51. The smallest absolute Gasteiger partial charge is 0.334 e. The Hall–Kier alpha value is -4.20. The highest BCUT2D eigenvalue weighted by Gasteiger charge is 2.34. The van der Waals surface area contributed by atoms with Gasteiger partial charge in [0.25, 0.3) is 0 Å². The highest BCUT2D eigenvalue weighted by atomic mass is 19.1. The van der Waals surface area contributed by atoms with E-state index in [0.717, 1.165) is 0 Å². The van der Waals surface area contributed by atoms with Crippen LogP contribution in [0.4, 0.5) is 8.78 Å². The van der Waals surface area contributed by atoms with Crippen LogP contribution < -0.4 is 0 Å². The van der Waals surface area contributed by atoms with Crippen LogP contribution >= 0.6 is 0 Å². The van der Waals surface area contributed by atoms with Gasteiger partial charge >= 0.3 is 11.9 Å². The number of allylic oxidation sites excluding steroid dienone is 3. The number of benzene rings is 2. The third kappa shape index (κ3) is 4.30. The summed E-state index contributed by atoms with van der Waals surface area (Å²) in [5, 5.41) is 8.75. The van der Waals surface area contributed by atoms with Crippen molar-refractivity contribution >= 4 is 40.2 Å². The lowest BCUT2D eigenvalue weighted by Crippen LogP contribution is -2.13. The maximum Gasteiger partial charge on any atom is 0.334 e. The molecule has 0 aromatic heterocycles. The molecule has 2 aliphatic rings. The van der Waals surface area contributed by atoms with E-state index in [1.165, 1.54) is 30.3 Å². The largest absolute Gasteiger partial charge is 0.463 e. The number of fused-ring (bicyclic) bond motifs is 2. The molecule has 0 atom stereocenters. The average molecular weight is 491 g/mol. The molecule has 0 spiro atoms. The molecule has 2 aliphatic carbocycles. The third-order valence-electron chi connectivity index (χ3n) is 6.00. The molecule has 0 fully saturated rings. The Morgan fingerprint density at radius 3 is 2.00 bits per heavy atom. The molecule has 184 valence electrons. The summed E-state index contributed by atoms with van der Waals surface area (Å²) in [6, 6.07) is 8.09. The second-order valence-electron chi connectivity index (χ2n) is 8.22. The molecule has 0 saturated heterocycles. The summed E-state index contributed by atoms with van der Waals surface area (Å²) in [6.45, 7) is 6.83. The van der Waals surface area contributed by atoms with Gasteiger partial charge in [-0.25, -0.2) is 23.4 Å². The van der Waals surface area contributed by atoms with Crippen molar-refractivity contribution in [2.75, 3.05) is 13.2 Å². The molecule has 0 aliphatic heterocycles. The van der Waals surface area contributed by atoms with E-state index in [1.807, 2.05) is 0 Å². The van der Waals surface area contributed by atoms with Gasteiger partial charge in [-0.3, -0.25) is 5.41 Å². The lowest BCUT2D eigenvalue weighted by Gasteiger charge is -2.09. The van der Waals surface area contributed by atoms with Gasteiger partial charge in [0.15, 0.2) is 0 Å². The van der Waals surface area contributed by atoms with Crippen molar-refractivity contribution in [1.82, 2.24) is 0 Å². The standard InChI is InChI=1S/C28H24F2N2O4/c1-5-35-27(33)14(3)20-13-23(18-9-7-16(29)11-21(18)20)32-26-24(15(4)28(34)36-6-2)22-12-17(30)8-10-19(22)25(26)31/h7-13,31H,5-6H2,1-4H3/b20-14+,24-15+,31-25?,32-26?. The number of rotatable bonds is 5. The van der Waals surface area contributed by atoms with Gasteiger partial charge in [-0.05, 0) is 86.9 Å². The fraction of sp³-hybridized carbons (Fsp3) is 0.214. The van der Waals surface area contributed by atoms with Gasteiger partial charge in [-0.2, -0.15) is 0 Å². The van der Waals surface area contributed by atoms with E-state index in [1.54, 1.807) is 39.8 Å². The minimum Gasteiger partial charge on any atom is -0.463 e. The average Bonchev–Trinajstić information content (AvgIpc) is 3.32. The predicted molar refractivity (Wildman–Crippen MR) is 133 cm³/mol. The van der Waals surface area contributed by atoms with Crippen LogP contribution in [0.15, 0.2) is 58.6 Å². The van der Waals surface area contributed by atoms with E-state index in [4.69, 9.17) is 19.9 Å². The minimum absolute atomic E-state index is 0.00718. The number of carbonyl (C=O) groups is 2. The Morgan fingerprint density at radius 1 is 0.833 bits per heavy atom. The summed E-state index contributed by atoms with van der Waals surface area (Å²) in [6.07, 6.45) is 1.62. The van der Waals surface area contributed by atoms with Gasteiger partial charge in [0.05, 0.1) is 30.3 Å². The maximum absolute atomic E-state index is 14.2. The SMILES string of the molecule is CCOC(=O)/C(C)=C1\C=C(N=C2C(=N)c3ccc(F)cc3/C2=C(/C)C(=O)OCC)c2ccc(F)cc21. The van der Waals surface area contributed by atoms with E-state index in [-0.39, 0.29) is 41.4 Å². The third-order valence-corrected chi connectivity index (χ3v) is 6.00. The number of esters is 2. The molecule has 36 heavy (non-hydrogen) atoms. The summed E-state index contributed by atoms with van der Waals surface area (Å²) < 4.78 is 38.6. The molecule has 0 radical (unpaired) electrons. The van der Waals surface area contributed by atoms with Crippen LogP contribution in [-0.4, -0.2) is 36.6 Å². The van der Waals surface area contributed by atoms with Crippen LogP contribution in [0.25, 0.3) is 16.8 Å². The molecule has 0 heterocycles. The zero-order valence-electron chi connectivity index (χ0n) is 20.3. The van der Waals surface area contributed by atoms with Crippen molar-refractivity contribution in [3.63, 3.8) is 0 Å². The van der Waals surface area contributed by atoms with Crippen molar-refractivity contribution in [2.24, 2.45) is 4.99 Å². The maximum atomic E-state index is 14.2. The molecule has 0 bridgehead atoms. The molecule has 0 unspecified atom stereocenters. The predicted octanol–water partition coefficient (Wildman–Crippen LogP) is 5.52. The Balaban J connectivity index is 1.95. The first-order valence-electron chi connectivity index (χ1n) is 11.4. The highest BCUT2D eigenvalue weighted by Crippen LogP contribution is 2.41. The first-order chi connectivity index (χ1) is 17.2. The van der Waals surface area contributed by atoms with Gasteiger partial charge in [0, 0.05) is 27.8 Å². The Bertz CT molecular complexity index is 1450. The van der Waals surface area contributed by atoms with E-state index in [9.17, 15) is 18.4 Å². The van der Waals surface area contributed by atoms with E-state index < -0.39 is 23.6 Å². The Morgan fingerprint density at radius 2 is 1.39 bits per heavy atom. The van der Waals surface area contributed by atoms with Crippen molar-refractivity contribution < 1.29 is 27.8 Å². The van der Waals surface area contributed by atoms with E-state index in [2.05, 4.69) is 0 Å². The van der Waals surface area contributed by atoms with Crippen molar-refractivity contribution in [3.8, 4) is 0 Å². The number of carbonyl (C=O) groups excluding carboxylic acids is 2. The normalized spacial score (nSPS) is 18.0. The quantitative estimate of drug-likeness (QED) is 0.442. The van der Waals surface area contributed by atoms with Gasteiger partial charge in [0.1, 0.15) is 11.6 Å². The number of nitrogens with one attached hydrogen (secondary N) is 1. The highest BCUT2D eigenvalue weighted by molar-refractivity contribution is 6.67. The number of hydrogen-bond acceptors (Lipinski definition) is 6. The topological polar surface area (TPSA) is 88.8 Å². The number of nitrogens with zero attached hydrogens (tertiary/aromatic N) is 1. The van der Waals surface area contributed by atoms with Gasteiger partial charge < -0.3 is 9.47 Å². The molecule has 2 aromatic rings. The fourth-order valence-corrected chi connectivity index (χ4v) is 4.28. The zero-order chi connectivity index (χ0) is 26.1. The lowest BCUT2D eigenvalue weighted by molar-refractivity contribution is -0.139. The van der Waals surface area contributed by atoms with Crippen molar-refractivity contribution in [2.45, 2.75) is 27.7 Å². The van der Waals surface area contributed by atoms with Crippen LogP contribution in [-0.2, 0) is 19.1 Å². The fourth-order valence-electron chi connectivity index (χ4n) is 4.28. The minimum atomic E-state index is -0.605. The van der Waals surface area contributed by atoms with Crippen molar-refractivity contribution in [1.29, 1.82) is 5.41 Å². The van der Waals surface area contributed by atoms with Gasteiger partial charge in [-0.1, -0.05) is 0 Å². The van der Waals surface area contributed by atoms with Crippen molar-refractivity contribution in [3.05, 3.63) is 87.5 Å².